The highest BCUT2D eigenvalue weighted by Gasteiger charge is 2.68. The number of halogens is 2. The number of fused-ring (bicyclic) bond motifs is 2. The smallest absolute Gasteiger partial charge is 0.265 e. The molecule has 0 amide bonds. The number of ether oxygens (including phenoxy) is 1. The minimum absolute atomic E-state index is 0.00641. The van der Waals surface area contributed by atoms with E-state index in [2.05, 4.69) is 26.1 Å². The van der Waals surface area contributed by atoms with Crippen molar-refractivity contribution in [3.8, 4) is 11.1 Å². The number of Topliss-reactive ketones (excluding diaryl/α,β-unsaturated/α-hetero) is 1. The summed E-state index contributed by atoms with van der Waals surface area (Å²) in [6.07, 6.45) is 1.55. The number of rotatable bonds is 6. The molecule has 2 bridgehead atoms. The van der Waals surface area contributed by atoms with Gasteiger partial charge in [0.1, 0.15) is 5.82 Å². The van der Waals surface area contributed by atoms with E-state index < -0.39 is 20.9 Å². The van der Waals surface area contributed by atoms with Crippen molar-refractivity contribution in [2.45, 2.75) is 44.4 Å². The molecule has 0 radical (unpaired) electrons. The van der Waals surface area contributed by atoms with Gasteiger partial charge in [-0.25, -0.2) is 4.39 Å². The number of ketones is 1. The second-order valence-corrected chi connectivity index (χ2v) is 14.8. The van der Waals surface area contributed by atoms with Crippen molar-refractivity contribution < 1.29 is 31.4 Å². The topological polar surface area (TPSA) is 148 Å². The van der Waals surface area contributed by atoms with Crippen molar-refractivity contribution in [1.82, 2.24) is 10.1 Å². The van der Waals surface area contributed by atoms with Crippen LogP contribution in [0.25, 0.3) is 11.1 Å². The Morgan fingerprint density at radius 1 is 1.20 bits per heavy atom. The third kappa shape index (κ3) is 6.72. The first-order chi connectivity index (χ1) is 21.2. The van der Waals surface area contributed by atoms with Crippen LogP contribution >= 0.6 is 15.9 Å². The Morgan fingerprint density at radius 3 is 2.49 bits per heavy atom. The maximum Gasteiger partial charge on any atom is 0.265 e. The lowest BCUT2D eigenvalue weighted by atomic mass is 9.70. The van der Waals surface area contributed by atoms with Gasteiger partial charge in [0.15, 0.2) is 11.7 Å². The van der Waals surface area contributed by atoms with Gasteiger partial charge in [0, 0.05) is 41.5 Å². The van der Waals surface area contributed by atoms with Gasteiger partial charge in [-0.15, -0.1) is 0 Å². The maximum atomic E-state index is 14.7. The summed E-state index contributed by atoms with van der Waals surface area (Å²) < 4.78 is 56.6. The van der Waals surface area contributed by atoms with E-state index in [4.69, 9.17) is 19.5 Å². The van der Waals surface area contributed by atoms with Crippen molar-refractivity contribution in [2.24, 2.45) is 27.5 Å². The monoisotopic (exact) mass is 704 g/mol. The van der Waals surface area contributed by atoms with Crippen LogP contribution in [0, 0.1) is 22.6 Å². The predicted octanol–water partition coefficient (Wildman–Crippen LogP) is 5.55. The molecule has 2 aliphatic carbocycles. The van der Waals surface area contributed by atoms with Crippen molar-refractivity contribution in [3.05, 3.63) is 71.7 Å². The normalized spacial score (nSPS) is 27.3. The standard InChI is InChI=1S/C22H23FN4O2.C10H15BrO4S/c1-15(17-7-8-18(19(23)13-17)16-5-3-2-4-6-16)20-14-21(29-26-20)25-22(24)27-9-11-28-12-10-27;1-9-4-3-6(7(11)8(9)12)10(9,2)5-16(13,14)15/h2-8,13-15H,9-12H2,1H3,(H2,24,25);6-7H,3-5H2,1-2H3,(H,13,14,15)/t15-;/m0./s1. The zero-order chi connectivity index (χ0) is 32.6. The van der Waals surface area contributed by atoms with Crippen LogP contribution < -0.4 is 5.73 Å². The number of aliphatic imine (C=N–C) groups is 1. The summed E-state index contributed by atoms with van der Waals surface area (Å²) in [6.45, 7) is 8.21. The Hall–Kier alpha value is -3.13. The highest BCUT2D eigenvalue weighted by atomic mass is 79.9. The molecule has 45 heavy (non-hydrogen) atoms. The number of carbonyl (C=O) groups is 1. The van der Waals surface area contributed by atoms with Gasteiger partial charge < -0.3 is 19.9 Å². The van der Waals surface area contributed by atoms with Crippen molar-refractivity contribution in [1.29, 1.82) is 0 Å². The van der Waals surface area contributed by atoms with Gasteiger partial charge in [-0.2, -0.15) is 13.4 Å². The molecule has 3 aromatic rings. The predicted molar refractivity (Wildman–Crippen MR) is 173 cm³/mol. The first kappa shape index (κ1) is 33.2. The molecule has 10 nitrogen and oxygen atoms in total. The summed E-state index contributed by atoms with van der Waals surface area (Å²) in [5.41, 5.74) is 7.69. The van der Waals surface area contributed by atoms with E-state index in [-0.39, 0.29) is 34.0 Å². The molecule has 1 saturated heterocycles. The Balaban J connectivity index is 0.000000211. The molecule has 1 aliphatic heterocycles. The third-order valence-corrected chi connectivity index (χ3v) is 11.8. The minimum Gasteiger partial charge on any atom is -0.378 e. The average molecular weight is 706 g/mol. The number of nitrogens with two attached hydrogens (primary N) is 1. The van der Waals surface area contributed by atoms with Crippen LogP contribution in [-0.2, 0) is 19.6 Å². The number of hydrogen-bond donors (Lipinski definition) is 2. The number of guanidine groups is 1. The molecule has 1 aromatic heterocycles. The van der Waals surface area contributed by atoms with Crippen molar-refractivity contribution in [3.63, 3.8) is 0 Å². The quantitative estimate of drug-likeness (QED) is 0.146. The molecule has 2 heterocycles. The van der Waals surface area contributed by atoms with Crippen LogP contribution in [0.1, 0.15) is 50.8 Å². The largest absolute Gasteiger partial charge is 0.378 e. The fraction of sp³-hybridized carbons (Fsp3) is 0.469. The molecular formula is C32H38BrFN4O6S. The fourth-order valence-electron chi connectivity index (χ4n) is 6.80. The molecule has 3 aliphatic rings. The van der Waals surface area contributed by atoms with E-state index in [0.29, 0.717) is 55.8 Å². The second-order valence-electron chi connectivity index (χ2n) is 12.4. The number of carbonyl (C=O) groups excluding carboxylic acids is 1. The van der Waals surface area contributed by atoms with Gasteiger partial charge in [0.25, 0.3) is 16.0 Å². The van der Waals surface area contributed by atoms with E-state index >= 15 is 0 Å². The first-order valence-corrected chi connectivity index (χ1v) is 17.4. The molecule has 0 spiro atoms. The van der Waals surface area contributed by atoms with Crippen LogP contribution in [-0.4, -0.2) is 71.7 Å². The molecule has 3 fully saturated rings. The summed E-state index contributed by atoms with van der Waals surface area (Å²) in [7, 11) is -4.05. The number of alkyl halides is 1. The van der Waals surface area contributed by atoms with E-state index in [1.165, 1.54) is 0 Å². The van der Waals surface area contributed by atoms with E-state index in [0.717, 1.165) is 17.5 Å². The highest BCUT2D eigenvalue weighted by Crippen LogP contribution is 2.65. The van der Waals surface area contributed by atoms with Gasteiger partial charge >= 0.3 is 0 Å². The number of morpholine rings is 1. The molecular weight excluding hydrogens is 667 g/mol. The second kappa shape index (κ2) is 12.9. The van der Waals surface area contributed by atoms with Crippen LogP contribution in [0.5, 0.6) is 0 Å². The number of benzene rings is 2. The summed E-state index contributed by atoms with van der Waals surface area (Å²) in [4.78, 5) is 18.1. The van der Waals surface area contributed by atoms with E-state index in [1.807, 2.05) is 55.1 Å². The summed E-state index contributed by atoms with van der Waals surface area (Å²) in [6, 6.07) is 16.5. The molecule has 5 atom stereocenters. The fourth-order valence-corrected chi connectivity index (χ4v) is 9.44. The molecule has 2 aromatic carbocycles. The van der Waals surface area contributed by atoms with Gasteiger partial charge in [0.2, 0.25) is 0 Å². The van der Waals surface area contributed by atoms with Crippen molar-refractivity contribution >= 4 is 43.7 Å². The van der Waals surface area contributed by atoms with E-state index in [1.54, 1.807) is 25.1 Å². The SMILES string of the molecule is CC12CCC(C(Br)C1=O)C2(C)CS(=O)(=O)O.C[C@@H](c1ccc(-c2ccccc2)c(F)c1)c1cc(N=C(N)N2CCOCC2)on1. The van der Waals surface area contributed by atoms with Gasteiger partial charge in [-0.1, -0.05) is 84.3 Å². The summed E-state index contributed by atoms with van der Waals surface area (Å²) >= 11 is 3.35. The van der Waals surface area contributed by atoms with Crippen LogP contribution in [0.3, 0.4) is 0 Å². The van der Waals surface area contributed by atoms with Gasteiger partial charge in [-0.3, -0.25) is 9.35 Å². The maximum absolute atomic E-state index is 14.7. The Morgan fingerprint density at radius 2 is 1.89 bits per heavy atom. The lowest BCUT2D eigenvalue weighted by Gasteiger charge is -2.35. The molecule has 3 N–H and O–H groups in total. The number of hydrogen-bond acceptors (Lipinski definition) is 7. The highest BCUT2D eigenvalue weighted by molar-refractivity contribution is 9.10. The van der Waals surface area contributed by atoms with Crippen LogP contribution in [0.4, 0.5) is 10.3 Å². The zero-order valence-corrected chi connectivity index (χ0v) is 27.9. The third-order valence-electron chi connectivity index (χ3n) is 9.76. The minimum atomic E-state index is -4.05. The Labute approximate surface area is 271 Å². The molecule has 2 saturated carbocycles. The molecule has 13 heteroatoms. The Bertz CT molecular complexity index is 1680. The van der Waals surface area contributed by atoms with Gasteiger partial charge in [-0.05, 0) is 36.0 Å². The zero-order valence-electron chi connectivity index (χ0n) is 25.4. The average Bonchev–Trinajstić information content (AvgIpc) is 3.61. The first-order valence-electron chi connectivity index (χ1n) is 14.9. The van der Waals surface area contributed by atoms with Crippen molar-refractivity contribution in [2.75, 3.05) is 32.1 Å². The number of nitrogens with zero attached hydrogens (tertiary/aromatic N) is 3. The summed E-state index contributed by atoms with van der Waals surface area (Å²) in [5.74, 6) is 0.0566. The Kier molecular flexibility index (Phi) is 9.55. The number of aromatic nitrogens is 1. The van der Waals surface area contributed by atoms with Gasteiger partial charge in [0.05, 0.1) is 29.5 Å². The molecule has 4 unspecified atom stereocenters. The molecule has 6 rings (SSSR count). The van der Waals surface area contributed by atoms with Crippen LogP contribution in [0.2, 0.25) is 0 Å². The summed E-state index contributed by atoms with van der Waals surface area (Å²) in [5, 5.41) is 4.10. The molecule has 242 valence electrons. The van der Waals surface area contributed by atoms with Crippen LogP contribution in [0.15, 0.2) is 64.1 Å². The van der Waals surface area contributed by atoms with E-state index in [9.17, 15) is 17.6 Å². The lowest BCUT2D eigenvalue weighted by Crippen LogP contribution is -2.44. The lowest BCUT2D eigenvalue weighted by molar-refractivity contribution is -0.127.